The molecule has 1 atom stereocenters. The van der Waals surface area contributed by atoms with Crippen molar-refractivity contribution >= 4 is 5.97 Å². The van der Waals surface area contributed by atoms with E-state index in [1.54, 1.807) is 0 Å². The monoisotopic (exact) mass is 212 g/mol. The Bertz CT molecular complexity index is 250. The van der Waals surface area contributed by atoms with Gasteiger partial charge in [-0.15, -0.1) is 0 Å². The van der Waals surface area contributed by atoms with Crippen molar-refractivity contribution in [1.82, 2.24) is 0 Å². The van der Waals surface area contributed by atoms with Crippen LogP contribution in [0.15, 0.2) is 23.8 Å². The maximum Gasteiger partial charge on any atom is 0.300 e. The van der Waals surface area contributed by atoms with Gasteiger partial charge in [0, 0.05) is 6.92 Å². The smallest absolute Gasteiger partial charge is 0.300 e. The highest BCUT2D eigenvalue weighted by Crippen LogP contribution is 2.27. The van der Waals surface area contributed by atoms with Gasteiger partial charge in [-0.1, -0.05) is 18.2 Å². The molecule has 1 unspecified atom stereocenters. The number of hydrogen-bond donors (Lipinski definition) is 2. The van der Waals surface area contributed by atoms with E-state index in [4.69, 9.17) is 15.0 Å². The molecule has 0 aromatic carbocycles. The predicted octanol–water partition coefficient (Wildman–Crippen LogP) is 2.37. The topological polar surface area (TPSA) is 57.5 Å². The van der Waals surface area contributed by atoms with E-state index < -0.39 is 5.97 Å². The van der Waals surface area contributed by atoms with Crippen molar-refractivity contribution in [2.24, 2.45) is 5.92 Å². The molecule has 1 aliphatic rings. The molecule has 0 aliphatic heterocycles. The molecule has 86 valence electrons. The second-order valence-electron chi connectivity index (χ2n) is 3.86. The molecule has 1 aliphatic carbocycles. The van der Waals surface area contributed by atoms with Crippen molar-refractivity contribution < 1.29 is 15.0 Å². The minimum atomic E-state index is -0.833. The van der Waals surface area contributed by atoms with Gasteiger partial charge in [0.25, 0.3) is 5.97 Å². The molecule has 0 spiro atoms. The Morgan fingerprint density at radius 1 is 1.60 bits per heavy atom. The van der Waals surface area contributed by atoms with Crippen LogP contribution in [0, 0.1) is 5.92 Å². The highest BCUT2D eigenvalue weighted by molar-refractivity contribution is 5.62. The van der Waals surface area contributed by atoms with Gasteiger partial charge in [-0.3, -0.25) is 4.79 Å². The molecule has 0 aromatic rings. The molecule has 15 heavy (non-hydrogen) atoms. The van der Waals surface area contributed by atoms with E-state index >= 15 is 0 Å². The Balaban J connectivity index is 0.000000423. The first kappa shape index (κ1) is 13.9. The molecule has 0 heterocycles. The van der Waals surface area contributed by atoms with Crippen LogP contribution in [0.1, 0.15) is 33.1 Å². The fraction of sp³-hybridized carbons (Fsp3) is 0.583. The number of hydrogen-bond acceptors (Lipinski definition) is 2. The Hall–Kier alpha value is -1.09. The second kappa shape index (κ2) is 7.23. The van der Waals surface area contributed by atoms with E-state index in [1.807, 2.05) is 0 Å². The van der Waals surface area contributed by atoms with E-state index in [0.717, 1.165) is 19.8 Å². The molecule has 0 radical (unpaired) electrons. The zero-order valence-electron chi connectivity index (χ0n) is 9.49. The van der Waals surface area contributed by atoms with Gasteiger partial charge in [0.15, 0.2) is 0 Å². The van der Waals surface area contributed by atoms with Crippen molar-refractivity contribution in [3.8, 4) is 0 Å². The highest BCUT2D eigenvalue weighted by Gasteiger charge is 2.13. The largest absolute Gasteiger partial charge is 0.481 e. The Morgan fingerprint density at radius 2 is 2.13 bits per heavy atom. The lowest BCUT2D eigenvalue weighted by Crippen LogP contribution is -2.07. The van der Waals surface area contributed by atoms with E-state index in [2.05, 4.69) is 19.6 Å². The Morgan fingerprint density at radius 3 is 2.40 bits per heavy atom. The predicted molar refractivity (Wildman–Crippen MR) is 60.6 cm³/mol. The molecular weight excluding hydrogens is 192 g/mol. The fourth-order valence-corrected chi connectivity index (χ4v) is 1.48. The Labute approximate surface area is 91.1 Å². The van der Waals surface area contributed by atoms with Crippen LogP contribution in [0.5, 0.6) is 0 Å². The molecule has 1 rings (SSSR count). The summed E-state index contributed by atoms with van der Waals surface area (Å²) >= 11 is 0. The SMILES string of the molecule is C=C(C)C1CC=C(CO)CC1.CC(=O)O. The summed E-state index contributed by atoms with van der Waals surface area (Å²) in [6.45, 7) is 7.35. The van der Waals surface area contributed by atoms with Gasteiger partial charge in [-0.25, -0.2) is 0 Å². The summed E-state index contributed by atoms with van der Waals surface area (Å²) < 4.78 is 0. The molecule has 0 aromatic heterocycles. The van der Waals surface area contributed by atoms with Crippen LogP contribution in [0.4, 0.5) is 0 Å². The molecule has 0 amide bonds. The van der Waals surface area contributed by atoms with Gasteiger partial charge < -0.3 is 10.2 Å². The Kier molecular flexibility index (Phi) is 6.71. The van der Waals surface area contributed by atoms with Crippen LogP contribution in [0.2, 0.25) is 0 Å². The second-order valence-corrected chi connectivity index (χ2v) is 3.86. The van der Waals surface area contributed by atoms with Gasteiger partial charge in [-0.05, 0) is 37.7 Å². The first-order valence-electron chi connectivity index (χ1n) is 5.11. The number of allylic oxidation sites excluding steroid dienone is 2. The summed E-state index contributed by atoms with van der Waals surface area (Å²) in [5.74, 6) is -0.176. The van der Waals surface area contributed by atoms with Gasteiger partial charge in [0.2, 0.25) is 0 Å². The maximum atomic E-state index is 9.00. The zero-order chi connectivity index (χ0) is 11.8. The average Bonchev–Trinajstić information content (AvgIpc) is 2.17. The van der Waals surface area contributed by atoms with Crippen LogP contribution < -0.4 is 0 Å². The zero-order valence-corrected chi connectivity index (χ0v) is 9.49. The first-order valence-corrected chi connectivity index (χ1v) is 5.11. The van der Waals surface area contributed by atoms with Crippen LogP contribution in [-0.2, 0) is 4.79 Å². The number of aliphatic carboxylic acids is 1. The molecule has 3 nitrogen and oxygen atoms in total. The molecule has 0 bridgehead atoms. The summed E-state index contributed by atoms with van der Waals surface area (Å²) in [4.78, 5) is 9.00. The molecule has 3 heteroatoms. The molecule has 0 fully saturated rings. The summed E-state index contributed by atoms with van der Waals surface area (Å²) in [7, 11) is 0. The van der Waals surface area contributed by atoms with Crippen molar-refractivity contribution in [3.05, 3.63) is 23.8 Å². The van der Waals surface area contributed by atoms with Crippen molar-refractivity contribution in [2.75, 3.05) is 6.61 Å². The van der Waals surface area contributed by atoms with Crippen molar-refractivity contribution in [3.63, 3.8) is 0 Å². The number of rotatable bonds is 2. The first-order chi connectivity index (χ1) is 6.97. The average molecular weight is 212 g/mol. The summed E-state index contributed by atoms with van der Waals surface area (Å²) in [6, 6.07) is 0. The normalized spacial score (nSPS) is 19.7. The number of aliphatic hydroxyl groups is 1. The van der Waals surface area contributed by atoms with E-state index in [9.17, 15) is 0 Å². The lowest BCUT2D eigenvalue weighted by molar-refractivity contribution is -0.134. The van der Waals surface area contributed by atoms with Crippen LogP contribution in [-0.4, -0.2) is 22.8 Å². The fourth-order valence-electron chi connectivity index (χ4n) is 1.48. The third-order valence-corrected chi connectivity index (χ3v) is 2.40. The molecular formula is C12H20O3. The van der Waals surface area contributed by atoms with E-state index in [1.165, 1.54) is 17.6 Å². The number of carboxylic acid groups (broad SMARTS) is 1. The van der Waals surface area contributed by atoms with Crippen molar-refractivity contribution in [2.45, 2.75) is 33.1 Å². The van der Waals surface area contributed by atoms with Crippen LogP contribution >= 0.6 is 0 Å². The minimum Gasteiger partial charge on any atom is -0.481 e. The standard InChI is InChI=1S/C10H16O.C2H4O2/c1-8(2)10-5-3-9(7-11)4-6-10;1-2(3)4/h3,10-11H,1,4-7H2,2H3;1H3,(H,3,4). The minimum absolute atomic E-state index is 0.239. The molecule has 0 saturated heterocycles. The van der Waals surface area contributed by atoms with Gasteiger partial charge in [0.05, 0.1) is 6.61 Å². The molecule has 2 N–H and O–H groups in total. The lowest BCUT2D eigenvalue weighted by Gasteiger charge is -2.20. The highest BCUT2D eigenvalue weighted by atomic mass is 16.4. The van der Waals surface area contributed by atoms with Gasteiger partial charge in [-0.2, -0.15) is 0 Å². The maximum absolute atomic E-state index is 9.00. The summed E-state index contributed by atoms with van der Waals surface area (Å²) in [6.07, 6.45) is 5.45. The van der Waals surface area contributed by atoms with Gasteiger partial charge in [0.1, 0.15) is 0 Å². The number of carboxylic acids is 1. The third kappa shape index (κ3) is 6.91. The van der Waals surface area contributed by atoms with Crippen molar-refractivity contribution in [1.29, 1.82) is 0 Å². The summed E-state index contributed by atoms with van der Waals surface area (Å²) in [5, 5.41) is 16.2. The van der Waals surface area contributed by atoms with Gasteiger partial charge >= 0.3 is 0 Å². The lowest BCUT2D eigenvalue weighted by atomic mass is 9.86. The van der Waals surface area contributed by atoms with E-state index in [0.29, 0.717) is 5.92 Å². The third-order valence-electron chi connectivity index (χ3n) is 2.40. The number of carbonyl (C=O) groups is 1. The quantitative estimate of drug-likeness (QED) is 0.691. The molecule has 0 saturated carbocycles. The van der Waals surface area contributed by atoms with E-state index in [-0.39, 0.29) is 6.61 Å². The number of aliphatic hydroxyl groups excluding tert-OH is 1. The van der Waals surface area contributed by atoms with Crippen LogP contribution in [0.3, 0.4) is 0 Å². The summed E-state index contributed by atoms with van der Waals surface area (Å²) in [5.41, 5.74) is 2.47. The van der Waals surface area contributed by atoms with Crippen LogP contribution in [0.25, 0.3) is 0 Å².